The predicted molar refractivity (Wildman–Crippen MR) is 88.0 cm³/mol. The largest absolute Gasteiger partial charge is 0.377 e. The van der Waals surface area contributed by atoms with E-state index in [0.29, 0.717) is 5.41 Å². The minimum absolute atomic E-state index is 0.144. The molecule has 0 heterocycles. The molecule has 0 aliphatic heterocycles. The van der Waals surface area contributed by atoms with Gasteiger partial charge in [0, 0.05) is 7.11 Å². The normalized spacial score (nSPS) is 22.0. The zero-order valence-corrected chi connectivity index (χ0v) is 13.9. The molecule has 0 bridgehead atoms. The second kappa shape index (κ2) is 6.47. The van der Waals surface area contributed by atoms with Gasteiger partial charge in [0.25, 0.3) is 0 Å². The molecule has 3 N–H and O–H groups in total. The lowest BCUT2D eigenvalue weighted by molar-refractivity contribution is -0.0862. The Balaban J connectivity index is 2.12. The molecule has 118 valence electrons. The second-order valence-corrected chi connectivity index (χ2v) is 7.34. The minimum atomic E-state index is -0.144. The van der Waals surface area contributed by atoms with E-state index >= 15 is 0 Å². The molecular weight excluding hydrogens is 260 g/mol. The maximum Gasteiger partial charge on any atom is 0.0848 e. The zero-order chi connectivity index (χ0) is 15.5. The summed E-state index contributed by atoms with van der Waals surface area (Å²) in [4.78, 5) is 0. The molecule has 21 heavy (non-hydrogen) atoms. The topological polar surface area (TPSA) is 47.3 Å². The number of nitrogens with two attached hydrogens (primary N) is 1. The SMILES string of the molecule is COC1(C(Cc2ccc(C)cc2)NN)CCC(C)(C)CC1. The molecule has 0 saturated heterocycles. The van der Waals surface area contributed by atoms with Crippen LogP contribution >= 0.6 is 0 Å². The Hall–Kier alpha value is -0.900. The van der Waals surface area contributed by atoms with Crippen LogP contribution in [0.2, 0.25) is 0 Å². The summed E-state index contributed by atoms with van der Waals surface area (Å²) in [6.07, 6.45) is 5.42. The average Bonchev–Trinajstić information content (AvgIpc) is 2.48. The number of rotatable bonds is 5. The Labute approximate surface area is 129 Å². The molecule has 1 saturated carbocycles. The van der Waals surface area contributed by atoms with Gasteiger partial charge in [0.05, 0.1) is 11.6 Å². The van der Waals surface area contributed by atoms with Crippen LogP contribution in [0, 0.1) is 12.3 Å². The molecule has 0 spiro atoms. The summed E-state index contributed by atoms with van der Waals surface area (Å²) < 4.78 is 5.98. The van der Waals surface area contributed by atoms with Crippen molar-refractivity contribution in [1.82, 2.24) is 5.43 Å². The Morgan fingerprint density at radius 2 is 1.71 bits per heavy atom. The molecule has 3 heteroatoms. The third-order valence-corrected chi connectivity index (χ3v) is 5.25. The van der Waals surface area contributed by atoms with E-state index in [9.17, 15) is 0 Å². The molecule has 3 nitrogen and oxygen atoms in total. The lowest BCUT2D eigenvalue weighted by Crippen LogP contribution is -2.57. The van der Waals surface area contributed by atoms with Crippen molar-refractivity contribution in [3.8, 4) is 0 Å². The summed E-state index contributed by atoms with van der Waals surface area (Å²) in [5, 5.41) is 0. The van der Waals surface area contributed by atoms with E-state index in [4.69, 9.17) is 10.6 Å². The van der Waals surface area contributed by atoms with Gasteiger partial charge in [0.15, 0.2) is 0 Å². The fraction of sp³-hybridized carbons (Fsp3) is 0.667. The summed E-state index contributed by atoms with van der Waals surface area (Å²) in [5.41, 5.74) is 5.91. The van der Waals surface area contributed by atoms with Crippen LogP contribution in [0.5, 0.6) is 0 Å². The van der Waals surface area contributed by atoms with E-state index in [0.717, 1.165) is 19.3 Å². The maximum absolute atomic E-state index is 5.98. The number of methoxy groups -OCH3 is 1. The van der Waals surface area contributed by atoms with Crippen molar-refractivity contribution in [2.24, 2.45) is 11.3 Å². The number of ether oxygens (including phenoxy) is 1. The van der Waals surface area contributed by atoms with Gasteiger partial charge >= 0.3 is 0 Å². The predicted octanol–water partition coefficient (Wildman–Crippen LogP) is 3.35. The maximum atomic E-state index is 5.98. The fourth-order valence-corrected chi connectivity index (χ4v) is 3.40. The van der Waals surface area contributed by atoms with Crippen molar-refractivity contribution in [1.29, 1.82) is 0 Å². The molecule has 0 aromatic heterocycles. The van der Waals surface area contributed by atoms with Crippen LogP contribution in [0.15, 0.2) is 24.3 Å². The molecule has 1 aliphatic carbocycles. The number of aryl methyl sites for hydroxylation is 1. The van der Waals surface area contributed by atoms with Gasteiger partial charge in [-0.15, -0.1) is 0 Å². The monoisotopic (exact) mass is 290 g/mol. The molecule has 1 unspecified atom stereocenters. The molecule has 2 rings (SSSR count). The molecule has 1 atom stereocenters. The van der Waals surface area contributed by atoms with Crippen LogP contribution < -0.4 is 11.3 Å². The van der Waals surface area contributed by atoms with Gasteiger partial charge in [-0.05, 0) is 50.0 Å². The van der Waals surface area contributed by atoms with E-state index < -0.39 is 0 Å². The van der Waals surface area contributed by atoms with E-state index in [-0.39, 0.29) is 11.6 Å². The third-order valence-electron chi connectivity index (χ3n) is 5.25. The highest BCUT2D eigenvalue weighted by Gasteiger charge is 2.43. The Morgan fingerprint density at radius 3 is 2.19 bits per heavy atom. The molecular formula is C18H30N2O. The van der Waals surface area contributed by atoms with Crippen molar-refractivity contribution in [2.45, 2.75) is 64.5 Å². The van der Waals surface area contributed by atoms with E-state index in [1.165, 1.54) is 24.0 Å². The van der Waals surface area contributed by atoms with Crippen molar-refractivity contribution >= 4 is 0 Å². The summed E-state index contributed by atoms with van der Waals surface area (Å²) in [5.74, 6) is 5.88. The van der Waals surface area contributed by atoms with Crippen LogP contribution in [-0.4, -0.2) is 18.8 Å². The lowest BCUT2D eigenvalue weighted by atomic mass is 9.67. The van der Waals surface area contributed by atoms with Gasteiger partial charge in [-0.1, -0.05) is 43.7 Å². The van der Waals surface area contributed by atoms with Crippen LogP contribution in [0.4, 0.5) is 0 Å². The van der Waals surface area contributed by atoms with Crippen molar-refractivity contribution < 1.29 is 4.74 Å². The first-order valence-corrected chi connectivity index (χ1v) is 7.98. The Morgan fingerprint density at radius 1 is 1.14 bits per heavy atom. The summed E-state index contributed by atoms with van der Waals surface area (Å²) >= 11 is 0. The zero-order valence-electron chi connectivity index (χ0n) is 13.9. The van der Waals surface area contributed by atoms with Gasteiger partial charge < -0.3 is 4.74 Å². The minimum Gasteiger partial charge on any atom is -0.377 e. The van der Waals surface area contributed by atoms with E-state index in [1.807, 2.05) is 7.11 Å². The number of hydrogen-bond donors (Lipinski definition) is 2. The number of benzene rings is 1. The van der Waals surface area contributed by atoms with Gasteiger partial charge in [0.2, 0.25) is 0 Å². The molecule has 1 aromatic carbocycles. The highest BCUT2D eigenvalue weighted by Crippen LogP contribution is 2.43. The van der Waals surface area contributed by atoms with Gasteiger partial charge in [0.1, 0.15) is 0 Å². The number of nitrogens with one attached hydrogen (secondary N) is 1. The Kier molecular flexibility index (Phi) is 5.07. The van der Waals surface area contributed by atoms with Crippen molar-refractivity contribution in [3.63, 3.8) is 0 Å². The summed E-state index contributed by atoms with van der Waals surface area (Å²) in [6.45, 7) is 6.80. The summed E-state index contributed by atoms with van der Waals surface area (Å²) in [6, 6.07) is 8.85. The van der Waals surface area contributed by atoms with Crippen molar-refractivity contribution in [3.05, 3.63) is 35.4 Å². The molecule has 1 fully saturated rings. The van der Waals surface area contributed by atoms with Crippen LogP contribution in [0.1, 0.15) is 50.7 Å². The van der Waals surface area contributed by atoms with Gasteiger partial charge in [-0.2, -0.15) is 0 Å². The molecule has 0 radical (unpaired) electrons. The first kappa shape index (κ1) is 16.5. The first-order chi connectivity index (χ1) is 9.91. The van der Waals surface area contributed by atoms with Crippen molar-refractivity contribution in [2.75, 3.05) is 7.11 Å². The smallest absolute Gasteiger partial charge is 0.0848 e. The lowest BCUT2D eigenvalue weighted by Gasteiger charge is -2.47. The highest BCUT2D eigenvalue weighted by atomic mass is 16.5. The number of hydrazine groups is 1. The average molecular weight is 290 g/mol. The van der Waals surface area contributed by atoms with Gasteiger partial charge in [-0.3, -0.25) is 11.3 Å². The van der Waals surface area contributed by atoms with Gasteiger partial charge in [-0.25, -0.2) is 0 Å². The third kappa shape index (κ3) is 3.85. The fourth-order valence-electron chi connectivity index (χ4n) is 3.40. The van der Waals surface area contributed by atoms with E-state index in [2.05, 4.69) is 50.5 Å². The van der Waals surface area contributed by atoms with Crippen LogP contribution in [0.25, 0.3) is 0 Å². The highest BCUT2D eigenvalue weighted by molar-refractivity contribution is 5.23. The second-order valence-electron chi connectivity index (χ2n) is 7.34. The molecule has 1 aliphatic rings. The van der Waals surface area contributed by atoms with Crippen LogP contribution in [-0.2, 0) is 11.2 Å². The Bertz CT molecular complexity index is 443. The summed E-state index contributed by atoms with van der Waals surface area (Å²) in [7, 11) is 1.83. The number of hydrogen-bond acceptors (Lipinski definition) is 3. The standard InChI is InChI=1S/C18H30N2O/c1-14-5-7-15(8-6-14)13-16(20-19)18(21-4)11-9-17(2,3)10-12-18/h5-8,16,20H,9-13,19H2,1-4H3. The van der Waals surface area contributed by atoms with Crippen LogP contribution in [0.3, 0.4) is 0 Å². The van der Waals surface area contributed by atoms with E-state index in [1.54, 1.807) is 0 Å². The molecule has 1 aromatic rings. The molecule has 0 amide bonds. The quantitative estimate of drug-likeness (QED) is 0.646. The first-order valence-electron chi connectivity index (χ1n) is 7.98.